The van der Waals surface area contributed by atoms with Crippen molar-refractivity contribution < 1.29 is 0 Å². The minimum Gasteiger partial charge on any atom is -0.327 e. The third kappa shape index (κ3) is 1.93. The first kappa shape index (κ1) is 7.44. The number of hydrogen-bond acceptors (Lipinski definition) is 3. The van der Waals surface area contributed by atoms with Crippen LogP contribution in [0.15, 0.2) is 17.3 Å². The average Bonchev–Trinajstić information content (AvgIpc) is 2.40. The molecule has 0 aromatic carbocycles. The molecule has 10 heavy (non-hydrogen) atoms. The van der Waals surface area contributed by atoms with Crippen LogP contribution in [0.5, 0.6) is 0 Å². The zero-order chi connectivity index (χ0) is 7.40. The molecule has 1 aromatic rings. The summed E-state index contributed by atoms with van der Waals surface area (Å²) in [6.07, 6.45) is 3.89. The molecule has 0 unspecified atom stereocenters. The van der Waals surface area contributed by atoms with Crippen molar-refractivity contribution in [3.8, 4) is 0 Å². The SMILES string of the molecule is C/C(=C\c1cncs1)CN. The highest BCUT2D eigenvalue weighted by Gasteiger charge is 1.88. The Morgan fingerprint density at radius 3 is 3.20 bits per heavy atom. The van der Waals surface area contributed by atoms with Crippen LogP contribution in [-0.4, -0.2) is 11.5 Å². The maximum absolute atomic E-state index is 5.40. The molecule has 0 aliphatic carbocycles. The van der Waals surface area contributed by atoms with Crippen molar-refractivity contribution in [3.63, 3.8) is 0 Å². The Hall–Kier alpha value is -0.670. The molecule has 2 N–H and O–H groups in total. The molecule has 0 radical (unpaired) electrons. The van der Waals surface area contributed by atoms with Gasteiger partial charge in [-0.1, -0.05) is 5.57 Å². The Bertz CT molecular complexity index is 214. The van der Waals surface area contributed by atoms with E-state index in [-0.39, 0.29) is 0 Å². The zero-order valence-electron chi connectivity index (χ0n) is 5.87. The van der Waals surface area contributed by atoms with Crippen molar-refractivity contribution in [3.05, 3.63) is 22.2 Å². The Kier molecular flexibility index (Phi) is 2.59. The van der Waals surface area contributed by atoms with Crippen LogP contribution in [0.1, 0.15) is 11.8 Å². The number of thiazole rings is 1. The minimum absolute atomic E-state index is 0.623. The van der Waals surface area contributed by atoms with Gasteiger partial charge in [-0.15, -0.1) is 11.3 Å². The van der Waals surface area contributed by atoms with E-state index in [2.05, 4.69) is 11.1 Å². The van der Waals surface area contributed by atoms with Crippen molar-refractivity contribution in [2.24, 2.45) is 5.73 Å². The monoisotopic (exact) mass is 154 g/mol. The van der Waals surface area contributed by atoms with Crippen LogP contribution in [0.4, 0.5) is 0 Å². The van der Waals surface area contributed by atoms with Crippen molar-refractivity contribution >= 4 is 17.4 Å². The molecule has 0 atom stereocenters. The topological polar surface area (TPSA) is 38.9 Å². The highest BCUT2D eigenvalue weighted by molar-refractivity contribution is 7.10. The summed E-state index contributed by atoms with van der Waals surface area (Å²) in [5, 5.41) is 0. The lowest BCUT2D eigenvalue weighted by atomic mass is 10.3. The molecule has 3 heteroatoms. The van der Waals surface area contributed by atoms with Crippen LogP contribution in [0, 0.1) is 0 Å². The number of nitrogens with two attached hydrogens (primary N) is 1. The quantitative estimate of drug-likeness (QED) is 0.701. The standard InChI is InChI=1S/C7H10N2S/c1-6(3-8)2-7-4-9-5-10-7/h2,4-5H,3,8H2,1H3/b6-2+. The molecule has 0 aliphatic heterocycles. The van der Waals surface area contributed by atoms with Crippen molar-refractivity contribution in [1.29, 1.82) is 0 Å². The lowest BCUT2D eigenvalue weighted by molar-refractivity contribution is 1.15. The van der Waals surface area contributed by atoms with Gasteiger partial charge in [0.2, 0.25) is 0 Å². The second-order valence-corrected chi connectivity index (χ2v) is 3.02. The molecule has 0 bridgehead atoms. The Labute approximate surface area is 64.4 Å². The van der Waals surface area contributed by atoms with Crippen LogP contribution in [-0.2, 0) is 0 Å². The van der Waals surface area contributed by atoms with E-state index >= 15 is 0 Å². The van der Waals surface area contributed by atoms with E-state index in [0.717, 1.165) is 0 Å². The van der Waals surface area contributed by atoms with E-state index in [9.17, 15) is 0 Å². The maximum Gasteiger partial charge on any atom is 0.0797 e. The number of nitrogens with zero attached hydrogens (tertiary/aromatic N) is 1. The summed E-state index contributed by atoms with van der Waals surface area (Å²) in [5.74, 6) is 0. The number of rotatable bonds is 2. The molecule has 0 saturated carbocycles. The van der Waals surface area contributed by atoms with E-state index < -0.39 is 0 Å². The van der Waals surface area contributed by atoms with Crippen molar-refractivity contribution in [2.75, 3.05) is 6.54 Å². The summed E-state index contributed by atoms with van der Waals surface area (Å²) in [4.78, 5) is 5.11. The molecule has 1 rings (SSSR count). The summed E-state index contributed by atoms with van der Waals surface area (Å²) in [5.41, 5.74) is 8.40. The van der Waals surface area contributed by atoms with Gasteiger partial charge in [-0.05, 0) is 13.0 Å². The normalized spacial score (nSPS) is 12.0. The summed E-state index contributed by atoms with van der Waals surface area (Å²) in [6.45, 7) is 2.64. The van der Waals surface area contributed by atoms with Gasteiger partial charge in [-0.2, -0.15) is 0 Å². The summed E-state index contributed by atoms with van der Waals surface area (Å²) in [7, 11) is 0. The van der Waals surface area contributed by atoms with E-state index in [1.54, 1.807) is 11.3 Å². The third-order valence-corrected chi connectivity index (χ3v) is 1.88. The fraction of sp³-hybridized carbons (Fsp3) is 0.286. The van der Waals surface area contributed by atoms with Crippen LogP contribution < -0.4 is 5.73 Å². The van der Waals surface area contributed by atoms with Crippen LogP contribution >= 0.6 is 11.3 Å². The summed E-state index contributed by atoms with van der Waals surface area (Å²) < 4.78 is 0. The zero-order valence-corrected chi connectivity index (χ0v) is 6.69. The fourth-order valence-electron chi connectivity index (χ4n) is 0.599. The smallest absolute Gasteiger partial charge is 0.0797 e. The Morgan fingerprint density at radius 2 is 2.70 bits per heavy atom. The van der Waals surface area contributed by atoms with Crippen molar-refractivity contribution in [1.82, 2.24) is 4.98 Å². The van der Waals surface area contributed by atoms with Crippen LogP contribution in [0.25, 0.3) is 6.08 Å². The first-order chi connectivity index (χ1) is 4.83. The number of hydrogen-bond donors (Lipinski definition) is 1. The molecule has 0 saturated heterocycles. The fourth-order valence-corrected chi connectivity index (χ4v) is 1.23. The van der Waals surface area contributed by atoms with Gasteiger partial charge < -0.3 is 5.73 Å². The van der Waals surface area contributed by atoms with Gasteiger partial charge in [-0.3, -0.25) is 4.98 Å². The molecule has 0 spiro atoms. The van der Waals surface area contributed by atoms with E-state index in [1.165, 1.54) is 10.5 Å². The highest BCUT2D eigenvalue weighted by atomic mass is 32.1. The molecule has 0 amide bonds. The molecule has 0 fully saturated rings. The van der Waals surface area contributed by atoms with E-state index in [0.29, 0.717) is 6.54 Å². The number of aromatic nitrogens is 1. The summed E-state index contributed by atoms with van der Waals surface area (Å²) in [6, 6.07) is 0. The molecular weight excluding hydrogens is 144 g/mol. The van der Waals surface area contributed by atoms with Gasteiger partial charge in [0.1, 0.15) is 0 Å². The molecule has 2 nitrogen and oxygen atoms in total. The molecular formula is C7H10N2S. The predicted molar refractivity (Wildman–Crippen MR) is 44.8 cm³/mol. The maximum atomic E-state index is 5.40. The van der Waals surface area contributed by atoms with E-state index in [1.807, 2.05) is 18.6 Å². The molecule has 54 valence electrons. The van der Waals surface area contributed by atoms with Gasteiger partial charge >= 0.3 is 0 Å². The first-order valence-electron chi connectivity index (χ1n) is 3.08. The van der Waals surface area contributed by atoms with Gasteiger partial charge in [0.25, 0.3) is 0 Å². The average molecular weight is 154 g/mol. The van der Waals surface area contributed by atoms with Gasteiger partial charge in [0.05, 0.1) is 5.51 Å². The lowest BCUT2D eigenvalue weighted by Crippen LogP contribution is -1.98. The lowest BCUT2D eigenvalue weighted by Gasteiger charge is -1.90. The highest BCUT2D eigenvalue weighted by Crippen LogP contribution is 2.09. The minimum atomic E-state index is 0.623. The largest absolute Gasteiger partial charge is 0.327 e. The van der Waals surface area contributed by atoms with Gasteiger partial charge in [-0.25, -0.2) is 0 Å². The second kappa shape index (κ2) is 3.49. The molecule has 0 aliphatic rings. The van der Waals surface area contributed by atoms with Gasteiger partial charge in [0.15, 0.2) is 0 Å². The first-order valence-corrected chi connectivity index (χ1v) is 3.96. The van der Waals surface area contributed by atoms with Gasteiger partial charge in [0, 0.05) is 17.6 Å². The van der Waals surface area contributed by atoms with E-state index in [4.69, 9.17) is 5.73 Å². The molecule has 1 heterocycles. The van der Waals surface area contributed by atoms with Crippen LogP contribution in [0.2, 0.25) is 0 Å². The summed E-state index contributed by atoms with van der Waals surface area (Å²) >= 11 is 1.62. The van der Waals surface area contributed by atoms with Crippen molar-refractivity contribution in [2.45, 2.75) is 6.92 Å². The Morgan fingerprint density at radius 1 is 1.90 bits per heavy atom. The Balaban J connectivity index is 2.71. The predicted octanol–water partition coefficient (Wildman–Crippen LogP) is 1.51. The second-order valence-electron chi connectivity index (χ2n) is 2.10. The third-order valence-electron chi connectivity index (χ3n) is 1.16. The molecule has 1 aromatic heterocycles. The van der Waals surface area contributed by atoms with Crippen LogP contribution in [0.3, 0.4) is 0 Å².